The minimum Gasteiger partial charge on any atom is -0.481 e. The Morgan fingerprint density at radius 2 is 1.76 bits per heavy atom. The van der Waals surface area contributed by atoms with Crippen LogP contribution in [0.2, 0.25) is 0 Å². The highest BCUT2D eigenvalue weighted by atomic mass is 16.8. The number of aryl methyl sites for hydroxylation is 1. The molecule has 1 saturated heterocycles. The third-order valence-electron chi connectivity index (χ3n) is 6.48. The minimum absolute atomic E-state index is 0.0814. The van der Waals surface area contributed by atoms with Gasteiger partial charge in [0.2, 0.25) is 5.91 Å². The predicted molar refractivity (Wildman–Crippen MR) is 149 cm³/mol. The summed E-state index contributed by atoms with van der Waals surface area (Å²) in [5, 5.41) is 23.6. The van der Waals surface area contributed by atoms with Crippen LogP contribution in [0.15, 0.2) is 42.5 Å². The molecule has 2 heterocycles. The van der Waals surface area contributed by atoms with E-state index in [9.17, 15) is 29.4 Å². The van der Waals surface area contributed by atoms with Gasteiger partial charge in [-0.05, 0) is 57.7 Å². The third-order valence-corrected chi connectivity index (χ3v) is 6.48. The second-order valence-corrected chi connectivity index (χ2v) is 10.4. The summed E-state index contributed by atoms with van der Waals surface area (Å²) in [7, 11) is 0. The number of carboxylic acid groups (broad SMARTS) is 1. The number of amides is 2. The molecule has 3 N–H and O–H groups in total. The number of carboxylic acids is 1. The van der Waals surface area contributed by atoms with E-state index in [1.807, 2.05) is 36.4 Å². The quantitative estimate of drug-likeness (QED) is 0.324. The summed E-state index contributed by atoms with van der Waals surface area (Å²) in [4.78, 5) is 60.9. The number of benzene rings is 1. The van der Waals surface area contributed by atoms with Gasteiger partial charge in [-0.1, -0.05) is 30.3 Å². The zero-order valence-electron chi connectivity index (χ0n) is 23.7. The van der Waals surface area contributed by atoms with Gasteiger partial charge in [0.1, 0.15) is 11.7 Å². The van der Waals surface area contributed by atoms with Gasteiger partial charge in [-0.3, -0.25) is 14.4 Å². The first-order valence-electron chi connectivity index (χ1n) is 13.6. The molecule has 1 atom stereocenters. The molecule has 3 rings (SSSR count). The SMILES string of the molecule is CCOC(=O)ON1CCN(C(=O)[C@H](CCC(=O)O)NC(=O)c2cc(CCC(C)(C)O)cc(-c3ccccc3)n2)CC1. The first-order chi connectivity index (χ1) is 19.4. The topological polar surface area (TPSA) is 159 Å². The van der Waals surface area contributed by atoms with Crippen molar-refractivity contribution >= 4 is 23.9 Å². The predicted octanol–water partition coefficient (Wildman–Crippen LogP) is 2.65. The van der Waals surface area contributed by atoms with Gasteiger partial charge in [-0.15, -0.1) is 5.06 Å². The monoisotopic (exact) mass is 570 g/mol. The van der Waals surface area contributed by atoms with Gasteiger partial charge < -0.3 is 30.0 Å². The fourth-order valence-corrected chi connectivity index (χ4v) is 4.28. The van der Waals surface area contributed by atoms with E-state index in [0.29, 0.717) is 18.5 Å². The van der Waals surface area contributed by atoms with Gasteiger partial charge in [-0.2, -0.15) is 0 Å². The van der Waals surface area contributed by atoms with Crippen molar-refractivity contribution in [2.75, 3.05) is 32.8 Å². The van der Waals surface area contributed by atoms with Crippen molar-refractivity contribution in [3.05, 3.63) is 53.7 Å². The fourth-order valence-electron chi connectivity index (χ4n) is 4.28. The minimum atomic E-state index is -1.10. The van der Waals surface area contributed by atoms with Crippen LogP contribution in [-0.4, -0.2) is 93.5 Å². The van der Waals surface area contributed by atoms with Crippen molar-refractivity contribution in [1.82, 2.24) is 20.3 Å². The molecule has 1 aromatic carbocycles. The van der Waals surface area contributed by atoms with Crippen molar-refractivity contribution in [1.29, 1.82) is 0 Å². The van der Waals surface area contributed by atoms with E-state index in [4.69, 9.17) is 9.57 Å². The zero-order valence-corrected chi connectivity index (χ0v) is 23.7. The van der Waals surface area contributed by atoms with Crippen LogP contribution in [0, 0.1) is 0 Å². The van der Waals surface area contributed by atoms with E-state index in [1.165, 1.54) is 9.96 Å². The van der Waals surface area contributed by atoms with Crippen LogP contribution < -0.4 is 5.32 Å². The van der Waals surface area contributed by atoms with Crippen molar-refractivity contribution in [2.45, 2.75) is 58.1 Å². The lowest BCUT2D eigenvalue weighted by atomic mass is 9.97. The van der Waals surface area contributed by atoms with Gasteiger partial charge in [0.25, 0.3) is 5.91 Å². The van der Waals surface area contributed by atoms with Crippen LogP contribution in [-0.2, 0) is 25.6 Å². The van der Waals surface area contributed by atoms with E-state index in [1.54, 1.807) is 26.8 Å². The molecular weight excluding hydrogens is 532 g/mol. The number of piperazine rings is 1. The van der Waals surface area contributed by atoms with E-state index in [0.717, 1.165) is 11.1 Å². The molecule has 1 fully saturated rings. The summed E-state index contributed by atoms with van der Waals surface area (Å²) in [6.07, 6.45) is -0.310. The molecule has 0 unspecified atom stereocenters. The van der Waals surface area contributed by atoms with E-state index in [2.05, 4.69) is 10.3 Å². The lowest BCUT2D eigenvalue weighted by Gasteiger charge is -2.35. The molecule has 0 radical (unpaired) electrons. The number of aliphatic hydroxyl groups is 1. The molecule has 41 heavy (non-hydrogen) atoms. The number of ether oxygens (including phenoxy) is 1. The number of hydroxylamine groups is 2. The highest BCUT2D eigenvalue weighted by Gasteiger charge is 2.31. The maximum atomic E-state index is 13.4. The van der Waals surface area contributed by atoms with Gasteiger partial charge >= 0.3 is 12.1 Å². The zero-order chi connectivity index (χ0) is 30.0. The smallest absolute Gasteiger partial charge is 0.481 e. The van der Waals surface area contributed by atoms with Crippen LogP contribution in [0.25, 0.3) is 11.3 Å². The largest absolute Gasteiger partial charge is 0.527 e. The number of hydrogen-bond donors (Lipinski definition) is 3. The summed E-state index contributed by atoms with van der Waals surface area (Å²) < 4.78 is 4.77. The molecule has 2 aromatic rings. The normalized spacial score (nSPS) is 14.7. The maximum Gasteiger partial charge on any atom is 0.527 e. The summed E-state index contributed by atoms with van der Waals surface area (Å²) in [5.41, 5.74) is 1.33. The molecule has 1 aliphatic rings. The van der Waals surface area contributed by atoms with Crippen molar-refractivity contribution in [3.63, 3.8) is 0 Å². The van der Waals surface area contributed by atoms with Gasteiger partial charge in [0.15, 0.2) is 0 Å². The number of aromatic nitrogens is 1. The number of nitrogens with one attached hydrogen (secondary N) is 1. The average Bonchev–Trinajstić information content (AvgIpc) is 2.94. The Morgan fingerprint density at radius 1 is 1.07 bits per heavy atom. The number of aliphatic carboxylic acids is 1. The first-order valence-corrected chi connectivity index (χ1v) is 13.6. The van der Waals surface area contributed by atoms with E-state index >= 15 is 0 Å². The van der Waals surface area contributed by atoms with Crippen LogP contribution in [0.3, 0.4) is 0 Å². The maximum absolute atomic E-state index is 13.4. The number of nitrogens with zero attached hydrogens (tertiary/aromatic N) is 3. The summed E-state index contributed by atoms with van der Waals surface area (Å²) >= 11 is 0. The molecule has 1 aromatic heterocycles. The lowest BCUT2D eigenvalue weighted by Crippen LogP contribution is -2.55. The standard InChI is InChI=1S/C29H38N4O8/c1-4-40-28(38)41-33-16-14-32(15-17-33)27(37)22(10-11-25(34)35)31-26(36)24-19-20(12-13-29(2,3)39)18-23(30-24)21-8-6-5-7-9-21/h5-9,18-19,22,39H,4,10-17H2,1-3H3,(H,31,36)(H,34,35)/t22-/m0/s1. The Balaban J connectivity index is 1.78. The Kier molecular flexibility index (Phi) is 11.2. The van der Waals surface area contributed by atoms with Crippen LogP contribution in [0.1, 0.15) is 56.1 Å². The summed E-state index contributed by atoms with van der Waals surface area (Å²) in [6, 6.07) is 11.7. The molecule has 0 saturated carbocycles. The van der Waals surface area contributed by atoms with Gasteiger partial charge in [0, 0.05) is 25.1 Å². The summed E-state index contributed by atoms with van der Waals surface area (Å²) in [5.74, 6) is -2.14. The molecule has 1 aliphatic heterocycles. The molecule has 12 nitrogen and oxygen atoms in total. The molecule has 222 valence electrons. The molecule has 0 spiro atoms. The molecular formula is C29H38N4O8. The van der Waals surface area contributed by atoms with Gasteiger partial charge in [0.05, 0.1) is 31.0 Å². The van der Waals surface area contributed by atoms with Crippen molar-refractivity contribution < 1.29 is 39.0 Å². The third kappa shape index (κ3) is 10.1. The Bertz CT molecular complexity index is 1210. The summed E-state index contributed by atoms with van der Waals surface area (Å²) in [6.45, 7) is 6.13. The van der Waals surface area contributed by atoms with Crippen LogP contribution in [0.5, 0.6) is 0 Å². The van der Waals surface area contributed by atoms with E-state index < -0.39 is 35.6 Å². The number of hydrogen-bond acceptors (Lipinski definition) is 9. The van der Waals surface area contributed by atoms with Crippen LogP contribution >= 0.6 is 0 Å². The highest BCUT2D eigenvalue weighted by Crippen LogP contribution is 2.22. The Labute approximate surface area is 239 Å². The second kappa shape index (κ2) is 14.6. The van der Waals surface area contributed by atoms with E-state index in [-0.39, 0.29) is 51.3 Å². The highest BCUT2D eigenvalue weighted by molar-refractivity contribution is 5.97. The first kappa shape index (κ1) is 31.5. The number of carbonyl (C=O) groups excluding carboxylic acids is 3. The molecule has 2 amide bonds. The number of rotatable bonds is 12. The second-order valence-electron chi connectivity index (χ2n) is 10.4. The fraction of sp³-hybridized carbons (Fsp3) is 0.483. The lowest BCUT2D eigenvalue weighted by molar-refractivity contribution is -0.157. The Morgan fingerprint density at radius 3 is 2.37 bits per heavy atom. The Hall–Kier alpha value is -4.03. The molecule has 0 bridgehead atoms. The van der Waals surface area contributed by atoms with Gasteiger partial charge in [-0.25, -0.2) is 9.78 Å². The molecule has 12 heteroatoms. The average molecular weight is 571 g/mol. The number of carbonyl (C=O) groups is 4. The van der Waals surface area contributed by atoms with Crippen molar-refractivity contribution in [2.24, 2.45) is 0 Å². The molecule has 0 aliphatic carbocycles. The van der Waals surface area contributed by atoms with Crippen molar-refractivity contribution in [3.8, 4) is 11.3 Å². The number of pyridine rings is 1. The van der Waals surface area contributed by atoms with Crippen LogP contribution in [0.4, 0.5) is 4.79 Å².